The minimum atomic E-state index is 0.103. The monoisotopic (exact) mass is 328 g/mol. The number of hydrogen-bond donors (Lipinski definition) is 0. The first kappa shape index (κ1) is 17.1. The summed E-state index contributed by atoms with van der Waals surface area (Å²) in [6, 6.07) is 5.89. The Labute approximate surface area is 145 Å². The van der Waals surface area contributed by atoms with Gasteiger partial charge in [-0.05, 0) is 74.8 Å². The van der Waals surface area contributed by atoms with Crippen molar-refractivity contribution in [3.05, 3.63) is 29.3 Å². The highest BCUT2D eigenvalue weighted by molar-refractivity contribution is 6.03. The molecule has 0 aromatic heterocycles. The van der Waals surface area contributed by atoms with Crippen molar-refractivity contribution >= 4 is 11.9 Å². The molecule has 0 amide bonds. The lowest BCUT2D eigenvalue weighted by molar-refractivity contribution is -0.119. The maximum atomic E-state index is 12.7. The Kier molecular flexibility index (Phi) is 5.27. The van der Waals surface area contributed by atoms with Gasteiger partial charge in [0.1, 0.15) is 0 Å². The van der Waals surface area contributed by atoms with Gasteiger partial charge in [0.15, 0.2) is 17.3 Å². The van der Waals surface area contributed by atoms with Crippen molar-refractivity contribution in [2.24, 2.45) is 11.8 Å². The van der Waals surface area contributed by atoms with Gasteiger partial charge in [0.25, 0.3) is 0 Å². The highest BCUT2D eigenvalue weighted by atomic mass is 16.5. The Morgan fingerprint density at radius 1 is 1.12 bits per heavy atom. The SMILES string of the molecule is COc1cc(C=C2CCC(C3CCCC3)C2=O)ccc1OC(C)C. The average Bonchev–Trinajstić information content (AvgIpc) is 3.19. The molecular weight excluding hydrogens is 300 g/mol. The van der Waals surface area contributed by atoms with Crippen LogP contribution in [0.3, 0.4) is 0 Å². The van der Waals surface area contributed by atoms with Gasteiger partial charge in [-0.25, -0.2) is 0 Å². The van der Waals surface area contributed by atoms with Gasteiger partial charge in [0.2, 0.25) is 0 Å². The first-order valence-electron chi connectivity index (χ1n) is 9.18. The maximum Gasteiger partial charge on any atom is 0.162 e. The smallest absolute Gasteiger partial charge is 0.162 e. The molecule has 1 atom stereocenters. The number of methoxy groups -OCH3 is 1. The van der Waals surface area contributed by atoms with Crippen LogP contribution in [0.15, 0.2) is 23.8 Å². The van der Waals surface area contributed by atoms with Crippen LogP contribution in [0.2, 0.25) is 0 Å². The summed E-state index contributed by atoms with van der Waals surface area (Å²) in [6.07, 6.45) is 9.14. The molecule has 0 bridgehead atoms. The van der Waals surface area contributed by atoms with E-state index in [1.165, 1.54) is 25.7 Å². The third kappa shape index (κ3) is 3.66. The number of carbonyl (C=O) groups excluding carboxylic acids is 1. The number of ketones is 1. The second-order valence-corrected chi connectivity index (χ2v) is 7.30. The van der Waals surface area contributed by atoms with Crippen LogP contribution in [-0.2, 0) is 4.79 Å². The summed E-state index contributed by atoms with van der Waals surface area (Å²) in [4.78, 5) is 12.7. The van der Waals surface area contributed by atoms with Crippen LogP contribution in [0.1, 0.15) is 57.9 Å². The predicted octanol–water partition coefficient (Wildman–Crippen LogP) is 5.04. The van der Waals surface area contributed by atoms with Crippen molar-refractivity contribution in [2.45, 2.75) is 58.5 Å². The lowest BCUT2D eigenvalue weighted by atomic mass is 9.88. The van der Waals surface area contributed by atoms with Crippen LogP contribution >= 0.6 is 0 Å². The third-order valence-electron chi connectivity index (χ3n) is 5.24. The number of rotatable bonds is 5. The summed E-state index contributed by atoms with van der Waals surface area (Å²) >= 11 is 0. The van der Waals surface area contributed by atoms with E-state index >= 15 is 0 Å². The first-order chi connectivity index (χ1) is 11.6. The number of hydrogen-bond acceptors (Lipinski definition) is 3. The van der Waals surface area contributed by atoms with Gasteiger partial charge >= 0.3 is 0 Å². The second-order valence-electron chi connectivity index (χ2n) is 7.30. The fourth-order valence-corrected chi connectivity index (χ4v) is 4.08. The zero-order valence-corrected chi connectivity index (χ0v) is 15.0. The van der Waals surface area contributed by atoms with E-state index in [2.05, 4.69) is 0 Å². The number of benzene rings is 1. The molecule has 1 aromatic carbocycles. The van der Waals surface area contributed by atoms with Gasteiger partial charge in [-0.15, -0.1) is 0 Å². The predicted molar refractivity (Wildman–Crippen MR) is 96.4 cm³/mol. The van der Waals surface area contributed by atoms with E-state index in [9.17, 15) is 4.79 Å². The summed E-state index contributed by atoms with van der Waals surface area (Å²) in [5, 5.41) is 0. The largest absolute Gasteiger partial charge is 0.493 e. The van der Waals surface area contributed by atoms with E-state index in [1.807, 2.05) is 38.1 Å². The highest BCUT2D eigenvalue weighted by Crippen LogP contribution is 2.41. The Bertz CT molecular complexity index is 624. The molecule has 130 valence electrons. The number of ether oxygens (including phenoxy) is 2. The lowest BCUT2D eigenvalue weighted by Crippen LogP contribution is -2.16. The van der Waals surface area contributed by atoms with Crippen molar-refractivity contribution < 1.29 is 14.3 Å². The van der Waals surface area contributed by atoms with Gasteiger partial charge in [0.05, 0.1) is 13.2 Å². The molecule has 0 heterocycles. The van der Waals surface area contributed by atoms with Gasteiger partial charge in [-0.3, -0.25) is 4.79 Å². The normalized spacial score (nSPS) is 23.4. The van der Waals surface area contributed by atoms with Crippen LogP contribution in [0.5, 0.6) is 11.5 Å². The van der Waals surface area contributed by atoms with Gasteiger partial charge in [0, 0.05) is 5.92 Å². The molecular formula is C21H28O3. The quantitative estimate of drug-likeness (QED) is 0.711. The molecule has 2 fully saturated rings. The summed E-state index contributed by atoms with van der Waals surface area (Å²) in [5.41, 5.74) is 1.99. The van der Waals surface area contributed by atoms with Gasteiger partial charge in [-0.1, -0.05) is 18.9 Å². The molecule has 24 heavy (non-hydrogen) atoms. The molecule has 0 saturated heterocycles. The molecule has 2 aliphatic carbocycles. The van der Waals surface area contributed by atoms with Crippen molar-refractivity contribution in [2.75, 3.05) is 7.11 Å². The van der Waals surface area contributed by atoms with Crippen LogP contribution in [-0.4, -0.2) is 19.0 Å². The van der Waals surface area contributed by atoms with E-state index in [0.717, 1.165) is 35.5 Å². The van der Waals surface area contributed by atoms with E-state index in [4.69, 9.17) is 9.47 Å². The van der Waals surface area contributed by atoms with E-state index < -0.39 is 0 Å². The molecule has 3 rings (SSSR count). The molecule has 2 aliphatic rings. The van der Waals surface area contributed by atoms with E-state index in [0.29, 0.717) is 11.7 Å². The summed E-state index contributed by atoms with van der Waals surface area (Å²) in [5.74, 6) is 2.74. The van der Waals surface area contributed by atoms with Gasteiger partial charge in [-0.2, -0.15) is 0 Å². The Balaban J connectivity index is 1.77. The molecule has 1 aromatic rings. The molecule has 2 saturated carbocycles. The van der Waals surface area contributed by atoms with Crippen LogP contribution < -0.4 is 9.47 Å². The average molecular weight is 328 g/mol. The first-order valence-corrected chi connectivity index (χ1v) is 9.18. The zero-order valence-electron chi connectivity index (χ0n) is 15.0. The maximum absolute atomic E-state index is 12.7. The molecule has 0 spiro atoms. The molecule has 0 N–H and O–H groups in total. The molecule has 3 heteroatoms. The second kappa shape index (κ2) is 7.42. The number of allylic oxidation sites excluding steroid dienone is 1. The fraction of sp³-hybridized carbons (Fsp3) is 0.571. The van der Waals surface area contributed by atoms with Crippen molar-refractivity contribution in [1.82, 2.24) is 0 Å². The molecule has 0 radical (unpaired) electrons. The van der Waals surface area contributed by atoms with Crippen molar-refractivity contribution in [1.29, 1.82) is 0 Å². The number of carbonyl (C=O) groups is 1. The summed E-state index contributed by atoms with van der Waals surface area (Å²) < 4.78 is 11.2. The lowest BCUT2D eigenvalue weighted by Gasteiger charge is -2.15. The minimum Gasteiger partial charge on any atom is -0.493 e. The van der Waals surface area contributed by atoms with Crippen molar-refractivity contribution in [3.63, 3.8) is 0 Å². The Hall–Kier alpha value is -1.77. The summed E-state index contributed by atoms with van der Waals surface area (Å²) in [6.45, 7) is 3.99. The Morgan fingerprint density at radius 3 is 2.54 bits per heavy atom. The van der Waals surface area contributed by atoms with Crippen LogP contribution in [0, 0.1) is 11.8 Å². The summed E-state index contributed by atoms with van der Waals surface area (Å²) in [7, 11) is 1.65. The molecule has 3 nitrogen and oxygen atoms in total. The van der Waals surface area contributed by atoms with Crippen LogP contribution in [0.4, 0.5) is 0 Å². The zero-order chi connectivity index (χ0) is 17.1. The Morgan fingerprint density at radius 2 is 1.88 bits per heavy atom. The fourth-order valence-electron chi connectivity index (χ4n) is 4.08. The molecule has 0 aliphatic heterocycles. The van der Waals surface area contributed by atoms with Gasteiger partial charge < -0.3 is 9.47 Å². The van der Waals surface area contributed by atoms with E-state index in [-0.39, 0.29) is 12.0 Å². The standard InChI is InChI=1S/C21H28O3/c1-14(2)24-19-11-8-15(13-20(19)23-3)12-17-9-10-18(21(17)22)16-6-4-5-7-16/h8,11-14,16,18H,4-7,9-10H2,1-3H3. The highest BCUT2D eigenvalue weighted by Gasteiger charge is 2.36. The molecule has 1 unspecified atom stereocenters. The minimum absolute atomic E-state index is 0.103. The topological polar surface area (TPSA) is 35.5 Å². The van der Waals surface area contributed by atoms with Crippen LogP contribution in [0.25, 0.3) is 6.08 Å². The number of Topliss-reactive ketones (excluding diaryl/α,β-unsaturated/α-hetero) is 1. The van der Waals surface area contributed by atoms with E-state index in [1.54, 1.807) is 7.11 Å². The third-order valence-corrected chi connectivity index (χ3v) is 5.24. The van der Waals surface area contributed by atoms with Crippen molar-refractivity contribution in [3.8, 4) is 11.5 Å².